The van der Waals surface area contributed by atoms with Gasteiger partial charge in [0.1, 0.15) is 5.69 Å². The number of carboxylic acids is 1. The number of aromatic nitrogens is 1. The Labute approximate surface area is 120 Å². The molecule has 1 aromatic heterocycles. The molecule has 0 saturated carbocycles. The van der Waals surface area contributed by atoms with Crippen LogP contribution in [0.1, 0.15) is 26.4 Å². The second-order valence-corrected chi connectivity index (χ2v) is 4.48. The van der Waals surface area contributed by atoms with Gasteiger partial charge in [-0.15, -0.1) is 0 Å². The monoisotopic (exact) mass is 290 g/mol. The maximum Gasteiger partial charge on any atom is 0.354 e. The third-order valence-corrected chi connectivity index (χ3v) is 2.86. The Balaban J connectivity index is 1.96. The van der Waals surface area contributed by atoms with Crippen molar-refractivity contribution in [1.82, 2.24) is 10.3 Å². The maximum atomic E-state index is 11.8. The van der Waals surface area contributed by atoms with Crippen molar-refractivity contribution in [2.75, 3.05) is 0 Å². The molecule has 2 aromatic rings. The van der Waals surface area contributed by atoms with Crippen LogP contribution in [-0.2, 0) is 6.54 Å². The number of hydrogen-bond acceptors (Lipinski definition) is 3. The molecule has 0 aliphatic rings. The average molecular weight is 291 g/mol. The lowest BCUT2D eigenvalue weighted by Gasteiger charge is -2.05. The lowest BCUT2D eigenvalue weighted by molar-refractivity contribution is 0.0690. The summed E-state index contributed by atoms with van der Waals surface area (Å²) in [6, 6.07) is 9.54. The van der Waals surface area contributed by atoms with Crippen LogP contribution in [0.3, 0.4) is 0 Å². The van der Waals surface area contributed by atoms with Crippen LogP contribution in [0.15, 0.2) is 42.6 Å². The Hall–Kier alpha value is -2.40. The van der Waals surface area contributed by atoms with Crippen LogP contribution < -0.4 is 5.32 Å². The highest BCUT2D eigenvalue weighted by atomic mass is 35.5. The van der Waals surface area contributed by atoms with Gasteiger partial charge in [0.15, 0.2) is 0 Å². The van der Waals surface area contributed by atoms with Crippen molar-refractivity contribution >= 4 is 23.5 Å². The second kappa shape index (κ2) is 6.16. The molecule has 0 spiro atoms. The summed E-state index contributed by atoms with van der Waals surface area (Å²) < 4.78 is 0. The molecule has 0 fully saturated rings. The van der Waals surface area contributed by atoms with Crippen molar-refractivity contribution in [2.45, 2.75) is 6.54 Å². The topological polar surface area (TPSA) is 79.3 Å². The molecule has 0 radical (unpaired) electrons. The van der Waals surface area contributed by atoms with Gasteiger partial charge in [-0.1, -0.05) is 17.7 Å². The highest BCUT2D eigenvalue weighted by molar-refractivity contribution is 6.30. The number of carbonyl (C=O) groups excluding carboxylic acids is 1. The minimum absolute atomic E-state index is 0.0298. The molecule has 1 amide bonds. The molecular weight excluding hydrogens is 280 g/mol. The number of rotatable bonds is 4. The number of pyridine rings is 1. The highest BCUT2D eigenvalue weighted by Crippen LogP contribution is 2.09. The number of halogens is 1. The van der Waals surface area contributed by atoms with Crippen molar-refractivity contribution in [3.05, 3.63) is 64.4 Å². The highest BCUT2D eigenvalue weighted by Gasteiger charge is 2.06. The lowest BCUT2D eigenvalue weighted by atomic mass is 10.2. The van der Waals surface area contributed by atoms with Gasteiger partial charge < -0.3 is 10.4 Å². The van der Waals surface area contributed by atoms with Crippen molar-refractivity contribution in [2.24, 2.45) is 0 Å². The molecule has 1 heterocycles. The molecule has 0 bridgehead atoms. The van der Waals surface area contributed by atoms with Gasteiger partial charge in [-0.25, -0.2) is 9.78 Å². The fraction of sp³-hybridized carbons (Fsp3) is 0.0714. The molecule has 1 aromatic carbocycles. The van der Waals surface area contributed by atoms with E-state index in [0.717, 1.165) is 5.56 Å². The average Bonchev–Trinajstić information content (AvgIpc) is 2.46. The van der Waals surface area contributed by atoms with Gasteiger partial charge >= 0.3 is 5.97 Å². The van der Waals surface area contributed by atoms with E-state index in [-0.39, 0.29) is 18.1 Å². The fourth-order valence-corrected chi connectivity index (χ4v) is 1.67. The van der Waals surface area contributed by atoms with Gasteiger partial charge in [0, 0.05) is 23.3 Å². The predicted molar refractivity (Wildman–Crippen MR) is 73.8 cm³/mol. The standard InChI is InChI=1S/C14H11ClN2O3/c15-11-4-2-10(3-5-11)13(18)17-8-9-1-6-12(14(19)20)16-7-9/h1-7H,8H2,(H,17,18)(H,19,20). The number of nitrogens with zero attached hydrogens (tertiary/aromatic N) is 1. The number of benzene rings is 1. The van der Waals surface area contributed by atoms with Crippen molar-refractivity contribution in [1.29, 1.82) is 0 Å². The molecular formula is C14H11ClN2O3. The number of nitrogens with one attached hydrogen (secondary N) is 1. The molecule has 20 heavy (non-hydrogen) atoms. The first-order valence-corrected chi connectivity index (χ1v) is 6.16. The molecule has 5 nitrogen and oxygen atoms in total. The van der Waals surface area contributed by atoms with Gasteiger partial charge in [0.2, 0.25) is 0 Å². The Morgan fingerprint density at radius 3 is 2.40 bits per heavy atom. The van der Waals surface area contributed by atoms with Crippen LogP contribution in [0.4, 0.5) is 0 Å². The molecule has 0 unspecified atom stereocenters. The first kappa shape index (κ1) is 14.0. The van der Waals surface area contributed by atoms with E-state index in [2.05, 4.69) is 10.3 Å². The summed E-state index contributed by atoms with van der Waals surface area (Å²) in [5.74, 6) is -1.31. The molecule has 0 aliphatic heterocycles. The van der Waals surface area contributed by atoms with E-state index in [1.165, 1.54) is 12.3 Å². The molecule has 0 saturated heterocycles. The summed E-state index contributed by atoms with van der Waals surface area (Å²) in [4.78, 5) is 26.3. The van der Waals surface area contributed by atoms with E-state index in [1.807, 2.05) is 0 Å². The van der Waals surface area contributed by atoms with Crippen LogP contribution in [-0.4, -0.2) is 22.0 Å². The molecule has 2 rings (SSSR count). The largest absolute Gasteiger partial charge is 0.477 e. The quantitative estimate of drug-likeness (QED) is 0.906. The Morgan fingerprint density at radius 2 is 1.85 bits per heavy atom. The second-order valence-electron chi connectivity index (χ2n) is 4.05. The van der Waals surface area contributed by atoms with Crippen LogP contribution in [0.25, 0.3) is 0 Å². The van der Waals surface area contributed by atoms with Gasteiger partial charge in [-0.2, -0.15) is 0 Å². The van der Waals surface area contributed by atoms with Gasteiger partial charge in [-0.3, -0.25) is 4.79 Å². The normalized spacial score (nSPS) is 10.1. The Bertz CT molecular complexity index is 624. The fourth-order valence-electron chi connectivity index (χ4n) is 1.54. The first-order valence-electron chi connectivity index (χ1n) is 5.78. The van der Waals surface area contributed by atoms with E-state index >= 15 is 0 Å². The number of hydrogen-bond donors (Lipinski definition) is 2. The van der Waals surface area contributed by atoms with E-state index < -0.39 is 5.97 Å². The lowest BCUT2D eigenvalue weighted by Crippen LogP contribution is -2.22. The van der Waals surface area contributed by atoms with Crippen molar-refractivity contribution < 1.29 is 14.7 Å². The van der Waals surface area contributed by atoms with Crippen molar-refractivity contribution in [3.8, 4) is 0 Å². The predicted octanol–water partition coefficient (Wildman–Crippen LogP) is 2.36. The zero-order valence-corrected chi connectivity index (χ0v) is 11.1. The molecule has 6 heteroatoms. The Kier molecular flexibility index (Phi) is 4.32. The van der Waals surface area contributed by atoms with Gasteiger partial charge in [0.25, 0.3) is 5.91 Å². The maximum absolute atomic E-state index is 11.8. The SMILES string of the molecule is O=C(NCc1ccc(C(=O)O)nc1)c1ccc(Cl)cc1. The van der Waals surface area contributed by atoms with Gasteiger partial charge in [-0.05, 0) is 35.9 Å². The summed E-state index contributed by atoms with van der Waals surface area (Å²) in [7, 11) is 0. The van der Waals surface area contributed by atoms with E-state index in [9.17, 15) is 9.59 Å². The number of carbonyl (C=O) groups is 2. The molecule has 0 aliphatic carbocycles. The van der Waals surface area contributed by atoms with E-state index in [0.29, 0.717) is 10.6 Å². The summed E-state index contributed by atoms with van der Waals surface area (Å²) in [5, 5.41) is 12.0. The third-order valence-electron chi connectivity index (χ3n) is 2.60. The zero-order chi connectivity index (χ0) is 14.5. The summed E-state index contributed by atoms with van der Waals surface area (Å²) >= 11 is 5.74. The smallest absolute Gasteiger partial charge is 0.354 e. The Morgan fingerprint density at radius 1 is 1.15 bits per heavy atom. The van der Waals surface area contributed by atoms with Crippen LogP contribution in [0.5, 0.6) is 0 Å². The molecule has 102 valence electrons. The van der Waals surface area contributed by atoms with Crippen LogP contribution in [0, 0.1) is 0 Å². The third kappa shape index (κ3) is 3.55. The summed E-state index contributed by atoms with van der Waals surface area (Å²) in [6.45, 7) is 0.272. The minimum Gasteiger partial charge on any atom is -0.477 e. The van der Waals surface area contributed by atoms with E-state index in [4.69, 9.17) is 16.7 Å². The van der Waals surface area contributed by atoms with Crippen LogP contribution in [0.2, 0.25) is 5.02 Å². The number of amides is 1. The summed E-state index contributed by atoms with van der Waals surface area (Å²) in [5.41, 5.74) is 1.19. The zero-order valence-electron chi connectivity index (χ0n) is 10.3. The first-order chi connectivity index (χ1) is 9.56. The van der Waals surface area contributed by atoms with E-state index in [1.54, 1.807) is 30.3 Å². The number of carboxylic acid groups (broad SMARTS) is 1. The number of aromatic carboxylic acids is 1. The molecule has 2 N–H and O–H groups in total. The molecule has 0 atom stereocenters. The minimum atomic E-state index is -1.08. The van der Waals surface area contributed by atoms with Gasteiger partial charge in [0.05, 0.1) is 0 Å². The van der Waals surface area contributed by atoms with Crippen LogP contribution >= 0.6 is 11.6 Å². The summed E-state index contributed by atoms with van der Waals surface area (Å²) in [6.07, 6.45) is 1.42. The van der Waals surface area contributed by atoms with Crippen molar-refractivity contribution in [3.63, 3.8) is 0 Å².